The van der Waals surface area contributed by atoms with Gasteiger partial charge in [0, 0.05) is 0 Å². The predicted molar refractivity (Wildman–Crippen MR) is 77.3 cm³/mol. The maximum atomic E-state index is 10.1. The maximum absolute atomic E-state index is 10.1. The molecule has 2 N–H and O–H groups in total. The number of ether oxygens (including phenoxy) is 3. The van der Waals surface area contributed by atoms with E-state index in [4.69, 9.17) is 14.2 Å². The third-order valence-corrected chi connectivity index (χ3v) is 3.19. The Morgan fingerprint density at radius 2 is 2.14 bits per heavy atom. The van der Waals surface area contributed by atoms with Gasteiger partial charge in [0.05, 0.1) is 6.61 Å². The minimum absolute atomic E-state index is 0.277. The van der Waals surface area contributed by atoms with Crippen LogP contribution in [-0.2, 0) is 20.8 Å². The first kappa shape index (κ1) is 16.0. The molecule has 1 aromatic carbocycles. The molecule has 1 aliphatic heterocycles. The molecule has 1 heterocycles. The SMILES string of the molecule is CC1(C)OC[C@@H]([C@H](O)/C=C(\CO)OCc2ccccc2)O1. The standard InChI is InChI=1S/C16H22O5/c1-16(2)20-11-15(21-16)14(18)8-13(9-17)19-10-12-6-4-3-5-7-12/h3-8,14-15,17-18H,9-11H2,1-2H3/b13-8+/t14-,15+/m1/s1. The molecule has 0 unspecified atom stereocenters. The Labute approximate surface area is 124 Å². The molecule has 21 heavy (non-hydrogen) atoms. The Kier molecular flexibility index (Phi) is 5.36. The molecule has 0 aliphatic carbocycles. The minimum atomic E-state index is -0.885. The summed E-state index contributed by atoms with van der Waals surface area (Å²) in [5.41, 5.74) is 0.993. The third kappa shape index (κ3) is 4.82. The van der Waals surface area contributed by atoms with E-state index in [-0.39, 0.29) is 6.61 Å². The highest BCUT2D eigenvalue weighted by Gasteiger charge is 2.36. The number of rotatable bonds is 6. The Bertz CT molecular complexity index is 469. The van der Waals surface area contributed by atoms with E-state index in [1.807, 2.05) is 30.3 Å². The van der Waals surface area contributed by atoms with Gasteiger partial charge >= 0.3 is 0 Å². The molecule has 2 rings (SSSR count). The van der Waals surface area contributed by atoms with E-state index in [1.165, 1.54) is 6.08 Å². The van der Waals surface area contributed by atoms with E-state index < -0.39 is 18.0 Å². The zero-order valence-corrected chi connectivity index (χ0v) is 12.4. The summed E-state index contributed by atoms with van der Waals surface area (Å²) in [6.45, 7) is 3.96. The zero-order chi connectivity index (χ0) is 15.3. The van der Waals surface area contributed by atoms with Gasteiger partial charge in [0.2, 0.25) is 0 Å². The van der Waals surface area contributed by atoms with E-state index >= 15 is 0 Å². The van der Waals surface area contributed by atoms with Crippen molar-refractivity contribution in [3.8, 4) is 0 Å². The van der Waals surface area contributed by atoms with Gasteiger partial charge in [-0.15, -0.1) is 0 Å². The van der Waals surface area contributed by atoms with Crippen molar-refractivity contribution in [2.24, 2.45) is 0 Å². The average Bonchev–Trinajstić information content (AvgIpc) is 2.84. The van der Waals surface area contributed by atoms with Crippen LogP contribution in [0.4, 0.5) is 0 Å². The predicted octanol–water partition coefficient (Wildman–Crippen LogP) is 1.59. The molecule has 0 bridgehead atoms. The first-order chi connectivity index (χ1) is 10.00. The monoisotopic (exact) mass is 294 g/mol. The van der Waals surface area contributed by atoms with E-state index in [2.05, 4.69) is 0 Å². The fourth-order valence-electron chi connectivity index (χ4n) is 2.08. The fourth-order valence-corrected chi connectivity index (χ4v) is 2.08. The third-order valence-electron chi connectivity index (χ3n) is 3.19. The van der Waals surface area contributed by atoms with Crippen LogP contribution in [0.1, 0.15) is 19.4 Å². The highest BCUT2D eigenvalue weighted by Crippen LogP contribution is 2.25. The molecule has 1 aromatic rings. The summed E-state index contributed by atoms with van der Waals surface area (Å²) in [5, 5.41) is 19.4. The summed E-state index contributed by atoms with van der Waals surface area (Å²) in [7, 11) is 0. The molecular formula is C16H22O5. The summed E-state index contributed by atoms with van der Waals surface area (Å²) < 4.78 is 16.5. The second-order valence-electron chi connectivity index (χ2n) is 5.42. The van der Waals surface area contributed by atoms with Crippen molar-refractivity contribution in [2.75, 3.05) is 13.2 Å². The zero-order valence-electron chi connectivity index (χ0n) is 12.4. The van der Waals surface area contributed by atoms with Crippen molar-refractivity contribution >= 4 is 0 Å². The van der Waals surface area contributed by atoms with Crippen LogP contribution in [-0.4, -0.2) is 41.4 Å². The van der Waals surface area contributed by atoms with Crippen LogP contribution in [0.3, 0.4) is 0 Å². The molecule has 5 nitrogen and oxygen atoms in total. The van der Waals surface area contributed by atoms with Crippen LogP contribution in [0.5, 0.6) is 0 Å². The van der Waals surface area contributed by atoms with Gasteiger partial charge < -0.3 is 24.4 Å². The Balaban J connectivity index is 1.90. The fraction of sp³-hybridized carbons (Fsp3) is 0.500. The van der Waals surface area contributed by atoms with Crippen molar-refractivity contribution in [3.63, 3.8) is 0 Å². The van der Waals surface area contributed by atoms with Crippen molar-refractivity contribution < 1.29 is 24.4 Å². The van der Waals surface area contributed by atoms with E-state index in [1.54, 1.807) is 13.8 Å². The average molecular weight is 294 g/mol. The van der Waals surface area contributed by atoms with Crippen LogP contribution in [0.25, 0.3) is 0 Å². The van der Waals surface area contributed by atoms with Gasteiger partial charge in [0.25, 0.3) is 0 Å². The Morgan fingerprint density at radius 3 is 2.71 bits per heavy atom. The first-order valence-corrected chi connectivity index (χ1v) is 6.98. The van der Waals surface area contributed by atoms with Crippen molar-refractivity contribution in [1.82, 2.24) is 0 Å². The Morgan fingerprint density at radius 1 is 1.43 bits per heavy atom. The second-order valence-corrected chi connectivity index (χ2v) is 5.42. The Hall–Kier alpha value is -1.40. The molecule has 1 aliphatic rings. The summed E-state index contributed by atoms with van der Waals surface area (Å²) in [6.07, 6.45) is 0.129. The molecule has 0 spiro atoms. The molecule has 0 aromatic heterocycles. The molecule has 2 atom stereocenters. The normalized spacial score (nSPS) is 23.0. The van der Waals surface area contributed by atoms with Crippen molar-refractivity contribution in [2.45, 2.75) is 38.4 Å². The van der Waals surface area contributed by atoms with E-state index in [0.29, 0.717) is 19.0 Å². The van der Waals surface area contributed by atoms with Crippen LogP contribution in [0.2, 0.25) is 0 Å². The molecule has 0 radical (unpaired) electrons. The van der Waals surface area contributed by atoms with Gasteiger partial charge in [0.15, 0.2) is 5.79 Å². The molecular weight excluding hydrogens is 272 g/mol. The van der Waals surface area contributed by atoms with Crippen LogP contribution in [0, 0.1) is 0 Å². The topological polar surface area (TPSA) is 68.2 Å². The number of benzene rings is 1. The summed E-state index contributed by atoms with van der Waals surface area (Å²) in [5.74, 6) is -0.372. The second kappa shape index (κ2) is 7.04. The van der Waals surface area contributed by atoms with Crippen LogP contribution < -0.4 is 0 Å². The largest absolute Gasteiger partial charge is 0.491 e. The van der Waals surface area contributed by atoms with Gasteiger partial charge in [-0.1, -0.05) is 30.3 Å². The van der Waals surface area contributed by atoms with Crippen molar-refractivity contribution in [3.05, 3.63) is 47.7 Å². The molecule has 1 saturated heterocycles. The molecule has 0 saturated carbocycles. The van der Waals surface area contributed by atoms with Gasteiger partial charge in [0.1, 0.15) is 31.2 Å². The number of aliphatic hydroxyl groups is 2. The van der Waals surface area contributed by atoms with Crippen molar-refractivity contribution in [1.29, 1.82) is 0 Å². The molecule has 116 valence electrons. The van der Waals surface area contributed by atoms with Crippen LogP contribution >= 0.6 is 0 Å². The maximum Gasteiger partial charge on any atom is 0.163 e. The van der Waals surface area contributed by atoms with Gasteiger partial charge in [-0.2, -0.15) is 0 Å². The summed E-state index contributed by atoms with van der Waals surface area (Å²) in [6, 6.07) is 9.63. The molecule has 5 heteroatoms. The summed E-state index contributed by atoms with van der Waals surface area (Å²) in [4.78, 5) is 0. The number of hydrogen-bond donors (Lipinski definition) is 2. The quantitative estimate of drug-likeness (QED) is 0.780. The van der Waals surface area contributed by atoms with Crippen LogP contribution in [0.15, 0.2) is 42.2 Å². The smallest absolute Gasteiger partial charge is 0.163 e. The van der Waals surface area contributed by atoms with Gasteiger partial charge in [-0.05, 0) is 25.5 Å². The number of hydrogen-bond acceptors (Lipinski definition) is 5. The van der Waals surface area contributed by atoms with Gasteiger partial charge in [-0.25, -0.2) is 0 Å². The molecule has 0 amide bonds. The lowest BCUT2D eigenvalue weighted by Gasteiger charge is -2.19. The highest BCUT2D eigenvalue weighted by atomic mass is 16.7. The summed E-state index contributed by atoms with van der Waals surface area (Å²) >= 11 is 0. The van der Waals surface area contributed by atoms with E-state index in [9.17, 15) is 10.2 Å². The van der Waals surface area contributed by atoms with E-state index in [0.717, 1.165) is 5.56 Å². The minimum Gasteiger partial charge on any atom is -0.491 e. The van der Waals surface area contributed by atoms with Gasteiger partial charge in [-0.3, -0.25) is 0 Å². The first-order valence-electron chi connectivity index (χ1n) is 6.98. The molecule has 1 fully saturated rings. The lowest BCUT2D eigenvalue weighted by molar-refractivity contribution is -0.147. The lowest BCUT2D eigenvalue weighted by Crippen LogP contribution is -2.29. The highest BCUT2D eigenvalue weighted by molar-refractivity contribution is 5.14. The number of aliphatic hydroxyl groups excluding tert-OH is 2. The lowest BCUT2D eigenvalue weighted by atomic mass is 10.2.